The van der Waals surface area contributed by atoms with Gasteiger partial charge in [0.25, 0.3) is 5.91 Å². The zero-order valence-electron chi connectivity index (χ0n) is 15.2. The molecule has 0 radical (unpaired) electrons. The molecular formula is C19H15FN4O4S. The van der Waals surface area contributed by atoms with Crippen molar-refractivity contribution in [2.45, 2.75) is 13.3 Å². The zero-order chi connectivity index (χ0) is 20.5. The van der Waals surface area contributed by atoms with Gasteiger partial charge in [-0.1, -0.05) is 0 Å². The first-order valence-corrected chi connectivity index (χ1v) is 9.55. The molecule has 2 aromatic heterocycles. The molecule has 0 atom stereocenters. The van der Waals surface area contributed by atoms with Crippen LogP contribution in [0.25, 0.3) is 11.5 Å². The topological polar surface area (TPSA) is 105 Å². The molecule has 0 aliphatic carbocycles. The molecule has 0 saturated carbocycles. The average molecular weight is 414 g/mol. The minimum Gasteiger partial charge on any atom is -0.441 e. The van der Waals surface area contributed by atoms with Gasteiger partial charge >= 0.3 is 6.03 Å². The number of aromatic nitrogens is 1. The normalized spacial score (nSPS) is 13.7. The van der Waals surface area contributed by atoms with Gasteiger partial charge in [0.2, 0.25) is 11.8 Å². The Morgan fingerprint density at radius 3 is 2.90 bits per heavy atom. The maximum Gasteiger partial charge on any atom is 0.329 e. The van der Waals surface area contributed by atoms with Crippen LogP contribution in [0.4, 0.5) is 20.6 Å². The maximum atomic E-state index is 14.1. The third-order valence-corrected chi connectivity index (χ3v) is 4.99. The van der Waals surface area contributed by atoms with Crippen LogP contribution in [0, 0.1) is 12.7 Å². The van der Waals surface area contributed by atoms with Gasteiger partial charge in [-0.3, -0.25) is 9.59 Å². The molecule has 0 spiro atoms. The molecule has 3 aromatic rings. The summed E-state index contributed by atoms with van der Waals surface area (Å²) in [5, 5.41) is 8.75. The van der Waals surface area contributed by atoms with Crippen LogP contribution < -0.4 is 15.5 Å². The summed E-state index contributed by atoms with van der Waals surface area (Å²) in [4.78, 5) is 41.1. The lowest BCUT2D eigenvalue weighted by molar-refractivity contribution is -0.116. The lowest BCUT2D eigenvalue weighted by Crippen LogP contribution is -2.31. The number of carbonyl (C=O) groups is 3. The average Bonchev–Trinajstić information content (AvgIpc) is 3.39. The molecule has 2 N–H and O–H groups in total. The highest BCUT2D eigenvalue weighted by molar-refractivity contribution is 7.08. The van der Waals surface area contributed by atoms with Crippen LogP contribution in [0.15, 0.2) is 39.4 Å². The van der Waals surface area contributed by atoms with Gasteiger partial charge in [0, 0.05) is 16.6 Å². The van der Waals surface area contributed by atoms with E-state index in [2.05, 4.69) is 15.6 Å². The molecule has 0 bridgehead atoms. The van der Waals surface area contributed by atoms with Gasteiger partial charge in [-0.15, -0.1) is 0 Å². The predicted molar refractivity (Wildman–Crippen MR) is 104 cm³/mol. The Morgan fingerprint density at radius 2 is 2.21 bits per heavy atom. The molecule has 4 amide bonds. The first kappa shape index (κ1) is 18.8. The van der Waals surface area contributed by atoms with Crippen LogP contribution >= 0.6 is 11.3 Å². The van der Waals surface area contributed by atoms with E-state index in [1.54, 1.807) is 6.92 Å². The molecule has 1 saturated heterocycles. The van der Waals surface area contributed by atoms with Crippen molar-refractivity contribution in [1.82, 2.24) is 10.3 Å². The van der Waals surface area contributed by atoms with Gasteiger partial charge in [0.1, 0.15) is 11.6 Å². The Bertz CT molecular complexity index is 1090. The van der Waals surface area contributed by atoms with E-state index in [4.69, 9.17) is 4.42 Å². The lowest BCUT2D eigenvalue weighted by Gasteiger charge is -2.15. The number of halogens is 1. The summed E-state index contributed by atoms with van der Waals surface area (Å²) in [6, 6.07) is 4.83. The van der Waals surface area contributed by atoms with E-state index in [0.717, 1.165) is 11.6 Å². The van der Waals surface area contributed by atoms with Crippen molar-refractivity contribution in [3.63, 3.8) is 0 Å². The molecule has 1 aliphatic heterocycles. The van der Waals surface area contributed by atoms with Crippen LogP contribution in [0.1, 0.15) is 11.5 Å². The number of imide groups is 1. The van der Waals surface area contributed by atoms with Crippen molar-refractivity contribution < 1.29 is 23.2 Å². The van der Waals surface area contributed by atoms with Crippen molar-refractivity contribution in [3.8, 4) is 11.5 Å². The molecule has 148 valence electrons. The fraction of sp³-hybridized carbons (Fsp3) is 0.158. The monoisotopic (exact) mass is 414 g/mol. The molecule has 4 rings (SSSR count). The predicted octanol–water partition coefficient (Wildman–Crippen LogP) is 3.09. The Kier molecular flexibility index (Phi) is 4.85. The molecular weight excluding hydrogens is 399 g/mol. The van der Waals surface area contributed by atoms with Gasteiger partial charge in [-0.2, -0.15) is 11.3 Å². The number of anilines is 2. The minimum atomic E-state index is -0.749. The molecule has 3 heterocycles. The highest BCUT2D eigenvalue weighted by atomic mass is 32.1. The number of amides is 4. The van der Waals surface area contributed by atoms with Crippen LogP contribution in [0.2, 0.25) is 0 Å². The molecule has 10 heteroatoms. The van der Waals surface area contributed by atoms with Gasteiger partial charge in [0.15, 0.2) is 0 Å². The van der Waals surface area contributed by atoms with E-state index in [9.17, 15) is 18.8 Å². The van der Waals surface area contributed by atoms with Crippen LogP contribution in [0.3, 0.4) is 0 Å². The smallest absolute Gasteiger partial charge is 0.329 e. The van der Waals surface area contributed by atoms with Crippen LogP contribution in [0.5, 0.6) is 0 Å². The molecule has 1 aliphatic rings. The molecule has 8 nitrogen and oxygen atoms in total. The first-order valence-electron chi connectivity index (χ1n) is 8.61. The highest BCUT2D eigenvalue weighted by Gasteiger charge is 2.32. The minimum absolute atomic E-state index is 0.0463. The number of nitrogens with one attached hydrogen (secondary N) is 2. The maximum absolute atomic E-state index is 14.1. The van der Waals surface area contributed by atoms with Crippen LogP contribution in [-0.2, 0) is 16.0 Å². The van der Waals surface area contributed by atoms with E-state index in [1.165, 1.54) is 23.5 Å². The van der Waals surface area contributed by atoms with E-state index in [0.29, 0.717) is 22.2 Å². The number of rotatable bonds is 5. The van der Waals surface area contributed by atoms with Crippen molar-refractivity contribution in [2.24, 2.45) is 0 Å². The van der Waals surface area contributed by atoms with E-state index in [-0.39, 0.29) is 24.3 Å². The zero-order valence-corrected chi connectivity index (χ0v) is 16.0. The number of benzene rings is 1. The third kappa shape index (κ3) is 3.74. The van der Waals surface area contributed by atoms with E-state index < -0.39 is 23.7 Å². The number of hydrogen-bond donors (Lipinski definition) is 2. The van der Waals surface area contributed by atoms with Crippen molar-refractivity contribution >= 4 is 40.6 Å². The van der Waals surface area contributed by atoms with Crippen molar-refractivity contribution in [2.75, 3.05) is 16.8 Å². The molecule has 1 fully saturated rings. The standard InChI is InChI=1S/C19H15FN4O4S/c1-10-14(23-18(28-10)11-4-5-29-9-11)7-16(25)22-12-2-3-13(20)15(6-12)24-17(26)8-21-19(24)27/h2-6,9H,7-8H2,1H3,(H,21,27)(H,22,25). The Labute approximate surface area is 168 Å². The Balaban J connectivity index is 1.50. The Morgan fingerprint density at radius 1 is 1.38 bits per heavy atom. The quantitative estimate of drug-likeness (QED) is 0.625. The summed E-state index contributed by atoms with van der Waals surface area (Å²) in [7, 11) is 0. The molecule has 0 unspecified atom stereocenters. The lowest BCUT2D eigenvalue weighted by atomic mass is 10.2. The first-order chi connectivity index (χ1) is 13.9. The fourth-order valence-electron chi connectivity index (χ4n) is 2.89. The summed E-state index contributed by atoms with van der Waals surface area (Å²) >= 11 is 1.51. The third-order valence-electron chi connectivity index (χ3n) is 4.30. The van der Waals surface area contributed by atoms with E-state index in [1.807, 2.05) is 16.8 Å². The van der Waals surface area contributed by atoms with Crippen LogP contribution in [-0.4, -0.2) is 29.4 Å². The van der Waals surface area contributed by atoms with Gasteiger partial charge in [-0.05, 0) is 36.6 Å². The number of aryl methyl sites for hydroxylation is 1. The Hall–Kier alpha value is -3.53. The number of thiophene rings is 1. The summed E-state index contributed by atoms with van der Waals surface area (Å²) in [6.45, 7) is 1.52. The second-order valence-corrected chi connectivity index (χ2v) is 7.09. The number of nitrogens with zero attached hydrogens (tertiary/aromatic N) is 2. The van der Waals surface area contributed by atoms with Gasteiger partial charge in [-0.25, -0.2) is 19.1 Å². The number of urea groups is 1. The van der Waals surface area contributed by atoms with Crippen molar-refractivity contribution in [3.05, 3.63) is 52.3 Å². The van der Waals surface area contributed by atoms with E-state index >= 15 is 0 Å². The number of carbonyl (C=O) groups excluding carboxylic acids is 3. The fourth-order valence-corrected chi connectivity index (χ4v) is 3.52. The SMILES string of the molecule is Cc1oc(-c2ccsc2)nc1CC(=O)Nc1ccc(F)c(N2C(=O)CNC2=O)c1. The summed E-state index contributed by atoms with van der Waals surface area (Å²) in [5.74, 6) is -0.750. The number of oxazole rings is 1. The van der Waals surface area contributed by atoms with Crippen molar-refractivity contribution in [1.29, 1.82) is 0 Å². The summed E-state index contributed by atoms with van der Waals surface area (Å²) in [5.41, 5.74) is 1.35. The second-order valence-electron chi connectivity index (χ2n) is 6.31. The number of hydrogen-bond acceptors (Lipinski definition) is 6. The largest absolute Gasteiger partial charge is 0.441 e. The summed E-state index contributed by atoms with van der Waals surface area (Å²) < 4.78 is 19.7. The summed E-state index contributed by atoms with van der Waals surface area (Å²) in [6.07, 6.45) is -0.0463. The second kappa shape index (κ2) is 7.47. The molecule has 1 aromatic carbocycles. The highest BCUT2D eigenvalue weighted by Crippen LogP contribution is 2.27. The van der Waals surface area contributed by atoms with Gasteiger partial charge < -0.3 is 15.1 Å². The molecule has 29 heavy (non-hydrogen) atoms. The van der Waals surface area contributed by atoms with Gasteiger partial charge in [0.05, 0.1) is 24.3 Å².